The predicted molar refractivity (Wildman–Crippen MR) is 105 cm³/mol. The van der Waals surface area contributed by atoms with Crippen molar-refractivity contribution in [3.8, 4) is 0 Å². The van der Waals surface area contributed by atoms with Gasteiger partial charge in [0.2, 0.25) is 5.91 Å². The van der Waals surface area contributed by atoms with Gasteiger partial charge in [-0.1, -0.05) is 42.1 Å². The van der Waals surface area contributed by atoms with Crippen LogP contribution in [0.3, 0.4) is 0 Å². The van der Waals surface area contributed by atoms with Crippen LogP contribution in [0.15, 0.2) is 35.5 Å². The second-order valence-corrected chi connectivity index (χ2v) is 8.12. The van der Waals surface area contributed by atoms with Crippen molar-refractivity contribution < 1.29 is 19.1 Å². The molecule has 8 nitrogen and oxygen atoms in total. The van der Waals surface area contributed by atoms with Gasteiger partial charge in [0.05, 0.1) is 12.3 Å². The molecule has 2 fully saturated rings. The summed E-state index contributed by atoms with van der Waals surface area (Å²) >= 11 is 1.25. The number of imide groups is 1. The first-order chi connectivity index (χ1) is 14.1. The van der Waals surface area contributed by atoms with Gasteiger partial charge in [0.1, 0.15) is 5.82 Å². The first-order valence-electron chi connectivity index (χ1n) is 9.70. The van der Waals surface area contributed by atoms with Gasteiger partial charge in [0.25, 0.3) is 5.91 Å². The molecule has 152 valence electrons. The van der Waals surface area contributed by atoms with E-state index in [1.807, 2.05) is 30.3 Å². The number of benzene rings is 1. The molecule has 1 aliphatic carbocycles. The molecule has 1 saturated carbocycles. The van der Waals surface area contributed by atoms with Crippen molar-refractivity contribution in [2.24, 2.45) is 0 Å². The van der Waals surface area contributed by atoms with E-state index in [1.54, 1.807) is 0 Å². The summed E-state index contributed by atoms with van der Waals surface area (Å²) < 4.78 is 7.10. The maximum absolute atomic E-state index is 12.1. The van der Waals surface area contributed by atoms with Gasteiger partial charge in [-0.2, -0.15) is 0 Å². The highest BCUT2D eigenvalue weighted by molar-refractivity contribution is 7.99. The van der Waals surface area contributed by atoms with E-state index >= 15 is 0 Å². The van der Waals surface area contributed by atoms with Gasteiger partial charge >= 0.3 is 5.97 Å². The summed E-state index contributed by atoms with van der Waals surface area (Å²) in [5, 5.41) is 9.25. The third-order valence-electron chi connectivity index (χ3n) is 4.92. The Morgan fingerprint density at radius 3 is 2.66 bits per heavy atom. The fourth-order valence-corrected chi connectivity index (χ4v) is 4.00. The number of rotatable bonds is 8. The van der Waals surface area contributed by atoms with Crippen molar-refractivity contribution in [2.45, 2.75) is 43.3 Å². The lowest BCUT2D eigenvalue weighted by Crippen LogP contribution is -2.35. The maximum Gasteiger partial charge on any atom is 0.316 e. The molecule has 2 aromatic rings. The lowest BCUT2D eigenvalue weighted by atomic mass is 10.2. The van der Waals surface area contributed by atoms with Gasteiger partial charge in [-0.05, 0) is 24.8 Å². The highest BCUT2D eigenvalue weighted by atomic mass is 32.2. The summed E-state index contributed by atoms with van der Waals surface area (Å²) in [5.74, 6) is 0.225. The van der Waals surface area contributed by atoms with E-state index in [9.17, 15) is 14.4 Å². The lowest BCUT2D eigenvalue weighted by molar-refractivity contribution is -0.153. The van der Waals surface area contributed by atoms with Gasteiger partial charge < -0.3 is 9.30 Å². The molecule has 0 spiro atoms. The zero-order valence-corrected chi connectivity index (χ0v) is 16.8. The van der Waals surface area contributed by atoms with Crippen LogP contribution in [-0.4, -0.2) is 56.4 Å². The summed E-state index contributed by atoms with van der Waals surface area (Å²) in [5.41, 5.74) is 1.14. The van der Waals surface area contributed by atoms with Crippen LogP contribution in [0.4, 0.5) is 0 Å². The number of amides is 2. The number of carbonyl (C=O) groups is 3. The molecular weight excluding hydrogens is 392 g/mol. The molecule has 1 aromatic carbocycles. The number of carbonyl (C=O) groups excluding carboxylic acids is 3. The van der Waals surface area contributed by atoms with E-state index < -0.39 is 18.5 Å². The first kappa shape index (κ1) is 19.6. The van der Waals surface area contributed by atoms with Crippen molar-refractivity contribution in [2.75, 3.05) is 18.9 Å². The summed E-state index contributed by atoms with van der Waals surface area (Å²) in [6.45, 7) is 0.637. The monoisotopic (exact) mass is 414 g/mol. The average Bonchev–Trinajstić information content (AvgIpc) is 3.36. The molecule has 4 rings (SSSR count). The summed E-state index contributed by atoms with van der Waals surface area (Å²) in [4.78, 5) is 36.8. The van der Waals surface area contributed by atoms with E-state index in [1.165, 1.54) is 11.8 Å². The third kappa shape index (κ3) is 4.84. The molecule has 0 unspecified atom stereocenters. The van der Waals surface area contributed by atoms with Crippen LogP contribution >= 0.6 is 11.8 Å². The van der Waals surface area contributed by atoms with Crippen LogP contribution in [0.25, 0.3) is 0 Å². The van der Waals surface area contributed by atoms with Crippen molar-refractivity contribution >= 4 is 29.5 Å². The average molecular weight is 414 g/mol. The normalized spacial score (nSPS) is 16.3. The first-order valence-corrected chi connectivity index (χ1v) is 10.7. The van der Waals surface area contributed by atoms with E-state index in [4.69, 9.17) is 4.74 Å². The van der Waals surface area contributed by atoms with Crippen molar-refractivity contribution in [3.05, 3.63) is 41.7 Å². The van der Waals surface area contributed by atoms with Gasteiger partial charge in [-0.25, -0.2) is 0 Å². The van der Waals surface area contributed by atoms with Gasteiger partial charge in [-0.3, -0.25) is 19.3 Å². The molecule has 0 radical (unpaired) electrons. The van der Waals surface area contributed by atoms with Crippen molar-refractivity contribution in [1.29, 1.82) is 0 Å². The number of nitrogens with zero attached hydrogens (tertiary/aromatic N) is 4. The molecule has 29 heavy (non-hydrogen) atoms. The van der Waals surface area contributed by atoms with E-state index in [0.717, 1.165) is 29.1 Å². The fraction of sp³-hybridized carbons (Fsp3) is 0.450. The molecule has 1 saturated heterocycles. The van der Waals surface area contributed by atoms with Gasteiger partial charge in [0.15, 0.2) is 11.8 Å². The molecule has 9 heteroatoms. The molecule has 0 bridgehead atoms. The van der Waals surface area contributed by atoms with Crippen LogP contribution in [0.1, 0.15) is 43.0 Å². The Morgan fingerprint density at radius 1 is 1.17 bits per heavy atom. The number of ether oxygens (including phenoxy) is 1. The van der Waals surface area contributed by atoms with Gasteiger partial charge in [-0.15, -0.1) is 10.2 Å². The Morgan fingerprint density at radius 2 is 1.97 bits per heavy atom. The zero-order chi connectivity index (χ0) is 20.2. The Balaban J connectivity index is 1.33. The molecule has 0 N–H and O–H groups in total. The largest absolute Gasteiger partial charge is 0.455 e. The van der Waals surface area contributed by atoms with Crippen LogP contribution in [0, 0.1) is 0 Å². The Labute approximate surface area is 172 Å². The smallest absolute Gasteiger partial charge is 0.316 e. The second kappa shape index (κ2) is 8.77. The molecule has 1 aliphatic heterocycles. The second-order valence-electron chi connectivity index (χ2n) is 7.18. The highest BCUT2D eigenvalue weighted by Gasteiger charge is 2.31. The molecule has 0 atom stereocenters. The maximum atomic E-state index is 12.1. The Bertz CT molecular complexity index is 910. The summed E-state index contributed by atoms with van der Waals surface area (Å²) in [6, 6.07) is 10.0. The van der Waals surface area contributed by atoms with Crippen molar-refractivity contribution in [3.63, 3.8) is 0 Å². The minimum Gasteiger partial charge on any atom is -0.455 e. The van der Waals surface area contributed by atoms with Crippen LogP contribution in [0.2, 0.25) is 0 Å². The van der Waals surface area contributed by atoms with Crippen LogP contribution in [-0.2, 0) is 25.7 Å². The topological polar surface area (TPSA) is 94.4 Å². The molecule has 2 aliphatic rings. The standard InChI is InChI=1S/C20H22N4O4S/c25-16-7-4-10-23(16)17(26)12-28-18(27)13-29-20-22-21-19(15-8-9-15)24(20)11-14-5-2-1-3-6-14/h1-3,5-6,15H,4,7-13H2. The van der Waals surface area contributed by atoms with E-state index in [-0.39, 0.29) is 11.7 Å². The number of aromatic nitrogens is 3. The molecular formula is C20H22N4O4S. The Hall–Kier alpha value is -2.68. The van der Waals surface area contributed by atoms with Crippen LogP contribution < -0.4 is 0 Å². The zero-order valence-electron chi connectivity index (χ0n) is 16.0. The number of thioether (sulfide) groups is 1. The lowest BCUT2D eigenvalue weighted by Gasteiger charge is -2.13. The quantitative estimate of drug-likeness (QED) is 0.482. The van der Waals surface area contributed by atoms with E-state index in [0.29, 0.717) is 37.0 Å². The number of hydrogen-bond donors (Lipinski definition) is 0. The van der Waals surface area contributed by atoms with E-state index in [2.05, 4.69) is 14.8 Å². The van der Waals surface area contributed by atoms with Crippen LogP contribution in [0.5, 0.6) is 0 Å². The predicted octanol–water partition coefficient (Wildman–Crippen LogP) is 1.99. The molecule has 2 heterocycles. The fourth-order valence-electron chi connectivity index (χ4n) is 3.26. The number of esters is 1. The third-order valence-corrected chi connectivity index (χ3v) is 5.86. The minimum atomic E-state index is -0.516. The minimum absolute atomic E-state index is 0.0266. The highest BCUT2D eigenvalue weighted by Crippen LogP contribution is 2.40. The van der Waals surface area contributed by atoms with Crippen molar-refractivity contribution in [1.82, 2.24) is 19.7 Å². The summed E-state index contributed by atoms with van der Waals surface area (Å²) in [6.07, 6.45) is 3.25. The molecule has 2 amide bonds. The Kier molecular flexibility index (Phi) is 5.94. The SMILES string of the molecule is O=C(CSc1nnc(C2CC2)n1Cc1ccccc1)OCC(=O)N1CCCC1=O. The summed E-state index contributed by atoms with van der Waals surface area (Å²) in [7, 11) is 0. The van der Waals surface area contributed by atoms with Gasteiger partial charge in [0, 0.05) is 18.9 Å². The number of hydrogen-bond acceptors (Lipinski definition) is 7. The molecule has 1 aromatic heterocycles. The number of likely N-dealkylation sites (tertiary alicyclic amines) is 1.